The molecule has 1 aliphatic heterocycles. The molecule has 1 saturated heterocycles. The summed E-state index contributed by atoms with van der Waals surface area (Å²) in [6.07, 6.45) is 2.63. The summed E-state index contributed by atoms with van der Waals surface area (Å²) in [6.45, 7) is 5.10. The van der Waals surface area contributed by atoms with Crippen molar-refractivity contribution in [3.05, 3.63) is 59.2 Å². The number of alkyl halides is 3. The Morgan fingerprint density at radius 3 is 2.41 bits per heavy atom. The van der Waals surface area contributed by atoms with Gasteiger partial charge in [0.1, 0.15) is 5.75 Å². The first-order valence-corrected chi connectivity index (χ1v) is 11.4. The van der Waals surface area contributed by atoms with E-state index in [0.29, 0.717) is 5.69 Å². The van der Waals surface area contributed by atoms with E-state index in [0.717, 1.165) is 70.4 Å². The molecule has 1 heterocycles. The van der Waals surface area contributed by atoms with Gasteiger partial charge >= 0.3 is 6.18 Å². The summed E-state index contributed by atoms with van der Waals surface area (Å²) in [5, 5.41) is 0. The van der Waals surface area contributed by atoms with Crippen LogP contribution in [0.1, 0.15) is 42.4 Å². The summed E-state index contributed by atoms with van der Waals surface area (Å²) in [5.41, 5.74) is 3.01. The largest absolute Gasteiger partial charge is 0.494 e. The number of hydrogen-bond acceptors (Lipinski definition) is 3. The van der Waals surface area contributed by atoms with E-state index in [1.807, 2.05) is 0 Å². The number of fused-ring (bicyclic) bond motifs is 1. The zero-order chi connectivity index (χ0) is 21.7. The number of nitrogens with zero attached hydrogens (tertiary/aromatic N) is 2. The topological polar surface area (TPSA) is 15.7 Å². The predicted molar refractivity (Wildman–Crippen MR) is 125 cm³/mol. The van der Waals surface area contributed by atoms with E-state index in [2.05, 4.69) is 28.0 Å². The minimum atomic E-state index is -4.29. The number of aryl methyl sites for hydroxylation is 2. The van der Waals surface area contributed by atoms with Crippen molar-refractivity contribution in [3.8, 4) is 5.75 Å². The summed E-state index contributed by atoms with van der Waals surface area (Å²) in [7, 11) is 0. The van der Waals surface area contributed by atoms with Gasteiger partial charge in [-0.2, -0.15) is 13.2 Å². The fourth-order valence-corrected chi connectivity index (χ4v) is 4.55. The van der Waals surface area contributed by atoms with Crippen molar-refractivity contribution in [2.24, 2.45) is 0 Å². The summed E-state index contributed by atoms with van der Waals surface area (Å²) in [5.74, 6) is 0.992. The van der Waals surface area contributed by atoms with Crippen molar-refractivity contribution in [1.29, 1.82) is 0 Å². The van der Waals surface area contributed by atoms with Crippen molar-refractivity contribution in [1.82, 2.24) is 4.90 Å². The first kappa shape index (κ1) is 24.7. The van der Waals surface area contributed by atoms with Gasteiger partial charge in [0.2, 0.25) is 0 Å². The number of piperazine rings is 1. The average molecular weight is 469 g/mol. The molecule has 2 aromatic rings. The van der Waals surface area contributed by atoms with Crippen LogP contribution in [0.5, 0.6) is 5.75 Å². The maximum atomic E-state index is 12.9. The highest BCUT2D eigenvalue weighted by Gasteiger charge is 2.31. The fourth-order valence-electron chi connectivity index (χ4n) is 4.55. The van der Waals surface area contributed by atoms with Crippen LogP contribution in [-0.2, 0) is 19.0 Å². The number of rotatable bonds is 8. The Morgan fingerprint density at radius 2 is 1.62 bits per heavy atom. The number of unbranched alkanes of at least 4 members (excludes halogenated alkanes) is 2. The molecule has 2 aliphatic rings. The summed E-state index contributed by atoms with van der Waals surface area (Å²) >= 11 is 0. The van der Waals surface area contributed by atoms with Gasteiger partial charge in [-0.15, -0.1) is 12.4 Å². The molecule has 0 radical (unpaired) electrons. The highest BCUT2D eigenvalue weighted by molar-refractivity contribution is 5.85. The Balaban J connectivity index is 0.00000289. The van der Waals surface area contributed by atoms with Crippen molar-refractivity contribution < 1.29 is 17.9 Å². The Labute approximate surface area is 195 Å². The first-order valence-electron chi connectivity index (χ1n) is 11.4. The maximum absolute atomic E-state index is 12.9. The highest BCUT2D eigenvalue weighted by atomic mass is 35.5. The number of ether oxygens (including phenoxy) is 1. The molecule has 0 N–H and O–H groups in total. The third kappa shape index (κ3) is 6.55. The van der Waals surface area contributed by atoms with E-state index in [1.54, 1.807) is 6.07 Å². The van der Waals surface area contributed by atoms with Gasteiger partial charge in [0.25, 0.3) is 0 Å². The van der Waals surface area contributed by atoms with E-state index in [-0.39, 0.29) is 12.4 Å². The van der Waals surface area contributed by atoms with Crippen LogP contribution in [0.25, 0.3) is 0 Å². The molecular formula is C25H32ClF3N2O. The number of benzene rings is 2. The third-order valence-electron chi connectivity index (χ3n) is 6.37. The molecule has 0 spiro atoms. The normalized spacial score (nSPS) is 16.5. The van der Waals surface area contributed by atoms with E-state index in [1.165, 1.54) is 42.5 Å². The van der Waals surface area contributed by atoms with Gasteiger partial charge in [0.05, 0.1) is 12.2 Å². The molecule has 32 heavy (non-hydrogen) atoms. The quantitative estimate of drug-likeness (QED) is 0.443. The Hall–Kier alpha value is -1.92. The second-order valence-corrected chi connectivity index (χ2v) is 8.57. The van der Waals surface area contributed by atoms with Gasteiger partial charge in [-0.1, -0.05) is 12.1 Å². The summed E-state index contributed by atoms with van der Waals surface area (Å²) in [4.78, 5) is 4.46. The molecule has 0 aromatic heterocycles. The smallest absolute Gasteiger partial charge is 0.416 e. The molecule has 7 heteroatoms. The monoisotopic (exact) mass is 468 g/mol. The van der Waals surface area contributed by atoms with Crippen LogP contribution in [-0.4, -0.2) is 44.2 Å². The van der Waals surface area contributed by atoms with E-state index in [9.17, 15) is 13.2 Å². The van der Waals surface area contributed by atoms with Crippen molar-refractivity contribution in [2.45, 2.75) is 44.7 Å². The van der Waals surface area contributed by atoms with Crippen molar-refractivity contribution in [3.63, 3.8) is 0 Å². The molecule has 0 amide bonds. The van der Waals surface area contributed by atoms with Gasteiger partial charge in [-0.25, -0.2) is 0 Å². The average Bonchev–Trinajstić information content (AvgIpc) is 3.24. The van der Waals surface area contributed by atoms with Gasteiger partial charge in [0, 0.05) is 31.9 Å². The highest BCUT2D eigenvalue weighted by Crippen LogP contribution is 2.32. The van der Waals surface area contributed by atoms with Crippen LogP contribution in [0.15, 0.2) is 42.5 Å². The van der Waals surface area contributed by atoms with Crippen molar-refractivity contribution in [2.75, 3.05) is 44.2 Å². The zero-order valence-corrected chi connectivity index (χ0v) is 19.2. The lowest BCUT2D eigenvalue weighted by molar-refractivity contribution is -0.137. The van der Waals surface area contributed by atoms with Crippen LogP contribution in [0.2, 0.25) is 0 Å². The third-order valence-corrected chi connectivity index (χ3v) is 6.37. The van der Waals surface area contributed by atoms with E-state index in [4.69, 9.17) is 4.74 Å². The summed E-state index contributed by atoms with van der Waals surface area (Å²) < 4.78 is 44.7. The number of hydrogen-bond donors (Lipinski definition) is 0. The molecule has 176 valence electrons. The van der Waals surface area contributed by atoms with Crippen molar-refractivity contribution >= 4 is 18.1 Å². The number of anilines is 1. The fraction of sp³-hybridized carbons (Fsp3) is 0.520. The second kappa shape index (κ2) is 11.3. The second-order valence-electron chi connectivity index (χ2n) is 8.57. The molecule has 0 unspecified atom stereocenters. The minimum absolute atomic E-state index is 0. The minimum Gasteiger partial charge on any atom is -0.494 e. The Morgan fingerprint density at radius 1 is 0.844 bits per heavy atom. The Bertz CT molecular complexity index is 867. The molecular weight excluding hydrogens is 437 g/mol. The van der Waals surface area contributed by atoms with Gasteiger partial charge in [-0.05, 0) is 86.5 Å². The lowest BCUT2D eigenvalue weighted by Crippen LogP contribution is -2.46. The number of halogens is 4. The zero-order valence-electron chi connectivity index (χ0n) is 18.4. The SMILES string of the molecule is Cl.FC(F)(F)c1cccc(N2CCN(CCCCCOc3ccc4c(c3)CCC4)CC2)c1. The van der Waals surface area contributed by atoms with Gasteiger partial charge in [-0.3, -0.25) is 4.90 Å². The first-order chi connectivity index (χ1) is 15.0. The van der Waals surface area contributed by atoms with Crippen LogP contribution in [0.3, 0.4) is 0 Å². The van der Waals surface area contributed by atoms with Gasteiger partial charge < -0.3 is 9.64 Å². The predicted octanol–water partition coefficient (Wildman–Crippen LogP) is 5.99. The molecule has 0 saturated carbocycles. The standard InChI is InChI=1S/C25H31F3N2O.ClH/c26-25(27,28)22-8-5-9-23(19-22)30-15-13-29(14-16-30)12-2-1-3-17-31-24-11-10-20-6-4-7-21(20)18-24;/h5,8-11,18-19H,1-4,6-7,12-17H2;1H. The lowest BCUT2D eigenvalue weighted by atomic mass is 10.1. The Kier molecular flexibility index (Phi) is 8.72. The maximum Gasteiger partial charge on any atom is 0.416 e. The van der Waals surface area contributed by atoms with Crippen LogP contribution in [0, 0.1) is 0 Å². The molecule has 1 aliphatic carbocycles. The van der Waals surface area contributed by atoms with Gasteiger partial charge in [0.15, 0.2) is 0 Å². The van der Waals surface area contributed by atoms with Crippen LogP contribution < -0.4 is 9.64 Å². The molecule has 3 nitrogen and oxygen atoms in total. The molecule has 0 bridgehead atoms. The molecule has 4 rings (SSSR count). The lowest BCUT2D eigenvalue weighted by Gasteiger charge is -2.36. The molecule has 2 aromatic carbocycles. The van der Waals surface area contributed by atoms with E-state index < -0.39 is 11.7 Å². The molecule has 1 fully saturated rings. The summed E-state index contributed by atoms with van der Waals surface area (Å²) in [6, 6.07) is 12.2. The van der Waals surface area contributed by atoms with Crippen LogP contribution in [0.4, 0.5) is 18.9 Å². The molecule has 0 atom stereocenters. The van der Waals surface area contributed by atoms with Crippen LogP contribution >= 0.6 is 12.4 Å². The van der Waals surface area contributed by atoms with E-state index >= 15 is 0 Å².